The molecule has 0 aliphatic carbocycles. The van der Waals surface area contributed by atoms with E-state index in [0.717, 1.165) is 22.3 Å². The molecule has 20 heavy (non-hydrogen) atoms. The SMILES string of the molecule is Cc1cc(C)c(C(=O)NC(C)c2ccccc2)c(C)c1. The van der Waals surface area contributed by atoms with Gasteiger partial charge in [0.05, 0.1) is 6.04 Å². The first-order valence-corrected chi connectivity index (χ1v) is 6.92. The summed E-state index contributed by atoms with van der Waals surface area (Å²) in [5, 5.41) is 3.07. The predicted octanol–water partition coefficient (Wildman–Crippen LogP) is 4.10. The second-order valence-electron chi connectivity index (χ2n) is 5.38. The van der Waals surface area contributed by atoms with Crippen molar-refractivity contribution < 1.29 is 4.79 Å². The molecular weight excluding hydrogens is 246 g/mol. The van der Waals surface area contributed by atoms with E-state index in [0.29, 0.717) is 0 Å². The summed E-state index contributed by atoms with van der Waals surface area (Å²) in [6, 6.07) is 14.1. The van der Waals surface area contributed by atoms with Crippen molar-refractivity contribution in [2.45, 2.75) is 33.7 Å². The van der Waals surface area contributed by atoms with Gasteiger partial charge in [0.1, 0.15) is 0 Å². The van der Waals surface area contributed by atoms with Crippen LogP contribution in [0.3, 0.4) is 0 Å². The predicted molar refractivity (Wildman–Crippen MR) is 83.0 cm³/mol. The molecule has 2 rings (SSSR count). The molecule has 2 aromatic carbocycles. The van der Waals surface area contributed by atoms with Crippen LogP contribution in [0.2, 0.25) is 0 Å². The zero-order chi connectivity index (χ0) is 14.7. The van der Waals surface area contributed by atoms with Gasteiger partial charge in [-0.15, -0.1) is 0 Å². The monoisotopic (exact) mass is 267 g/mol. The van der Waals surface area contributed by atoms with E-state index in [-0.39, 0.29) is 11.9 Å². The van der Waals surface area contributed by atoms with Crippen LogP contribution in [0, 0.1) is 20.8 Å². The van der Waals surface area contributed by atoms with Gasteiger partial charge in [0.2, 0.25) is 0 Å². The highest BCUT2D eigenvalue weighted by Gasteiger charge is 2.15. The van der Waals surface area contributed by atoms with E-state index < -0.39 is 0 Å². The van der Waals surface area contributed by atoms with Crippen LogP contribution in [-0.4, -0.2) is 5.91 Å². The lowest BCUT2D eigenvalue weighted by atomic mass is 9.98. The summed E-state index contributed by atoms with van der Waals surface area (Å²) >= 11 is 0. The van der Waals surface area contributed by atoms with Crippen LogP contribution >= 0.6 is 0 Å². The Morgan fingerprint density at radius 1 is 1.00 bits per heavy atom. The molecule has 104 valence electrons. The topological polar surface area (TPSA) is 29.1 Å². The summed E-state index contributed by atoms with van der Waals surface area (Å²) in [6.07, 6.45) is 0. The molecule has 0 aliphatic rings. The fraction of sp³-hybridized carbons (Fsp3) is 0.278. The van der Waals surface area contributed by atoms with Gasteiger partial charge in [-0.3, -0.25) is 4.79 Å². The molecule has 0 bridgehead atoms. The fourth-order valence-corrected chi connectivity index (χ4v) is 2.63. The molecule has 0 aromatic heterocycles. The summed E-state index contributed by atoms with van der Waals surface area (Å²) in [6.45, 7) is 8.03. The maximum absolute atomic E-state index is 12.5. The van der Waals surface area contributed by atoms with Crippen molar-refractivity contribution in [2.75, 3.05) is 0 Å². The van der Waals surface area contributed by atoms with Crippen molar-refractivity contribution in [1.29, 1.82) is 0 Å². The van der Waals surface area contributed by atoms with Crippen molar-refractivity contribution in [2.24, 2.45) is 0 Å². The van der Waals surface area contributed by atoms with Gasteiger partial charge in [-0.05, 0) is 44.4 Å². The molecule has 1 amide bonds. The quantitative estimate of drug-likeness (QED) is 0.891. The molecule has 2 aromatic rings. The zero-order valence-corrected chi connectivity index (χ0v) is 12.5. The smallest absolute Gasteiger partial charge is 0.252 e. The Kier molecular flexibility index (Phi) is 4.23. The lowest BCUT2D eigenvalue weighted by Gasteiger charge is -2.17. The van der Waals surface area contributed by atoms with Crippen LogP contribution in [0.1, 0.15) is 45.6 Å². The Bertz CT molecular complexity index is 594. The molecule has 0 saturated heterocycles. The Labute approximate surface area is 120 Å². The number of carbonyl (C=O) groups excluding carboxylic acids is 1. The van der Waals surface area contributed by atoms with Crippen LogP contribution in [0.5, 0.6) is 0 Å². The average molecular weight is 267 g/mol. The molecule has 0 heterocycles. The second-order valence-corrected chi connectivity index (χ2v) is 5.38. The number of carbonyl (C=O) groups is 1. The number of benzene rings is 2. The zero-order valence-electron chi connectivity index (χ0n) is 12.5. The molecule has 1 N–H and O–H groups in total. The van der Waals surface area contributed by atoms with E-state index in [1.165, 1.54) is 5.56 Å². The third-order valence-electron chi connectivity index (χ3n) is 3.55. The van der Waals surface area contributed by atoms with Gasteiger partial charge in [0, 0.05) is 5.56 Å². The van der Waals surface area contributed by atoms with E-state index in [1.807, 2.05) is 58.0 Å². The summed E-state index contributed by atoms with van der Waals surface area (Å²) in [5.41, 5.74) is 5.15. The van der Waals surface area contributed by atoms with Gasteiger partial charge >= 0.3 is 0 Å². The van der Waals surface area contributed by atoms with E-state index in [9.17, 15) is 4.79 Å². The normalized spacial score (nSPS) is 12.0. The van der Waals surface area contributed by atoms with Crippen LogP contribution in [0.15, 0.2) is 42.5 Å². The van der Waals surface area contributed by atoms with Gasteiger partial charge in [-0.1, -0.05) is 48.0 Å². The lowest BCUT2D eigenvalue weighted by Crippen LogP contribution is -2.28. The summed E-state index contributed by atoms with van der Waals surface area (Å²) in [4.78, 5) is 12.5. The molecule has 0 spiro atoms. The van der Waals surface area contributed by atoms with Crippen LogP contribution < -0.4 is 5.32 Å². The molecule has 0 radical (unpaired) electrons. The lowest BCUT2D eigenvalue weighted by molar-refractivity contribution is 0.0938. The second kappa shape index (κ2) is 5.91. The molecule has 1 atom stereocenters. The van der Waals surface area contributed by atoms with Gasteiger partial charge in [0.25, 0.3) is 5.91 Å². The van der Waals surface area contributed by atoms with Crippen LogP contribution in [0.4, 0.5) is 0 Å². The molecule has 2 nitrogen and oxygen atoms in total. The van der Waals surface area contributed by atoms with Gasteiger partial charge in [-0.25, -0.2) is 0 Å². The average Bonchev–Trinajstić information content (AvgIpc) is 2.38. The Morgan fingerprint density at radius 2 is 1.55 bits per heavy atom. The third-order valence-corrected chi connectivity index (χ3v) is 3.55. The third kappa shape index (κ3) is 3.08. The largest absolute Gasteiger partial charge is 0.346 e. The Morgan fingerprint density at radius 3 is 2.10 bits per heavy atom. The van der Waals surface area contributed by atoms with E-state index in [4.69, 9.17) is 0 Å². The number of aryl methyl sites for hydroxylation is 3. The van der Waals surface area contributed by atoms with Crippen molar-refractivity contribution in [1.82, 2.24) is 5.32 Å². The van der Waals surface area contributed by atoms with Crippen molar-refractivity contribution in [3.05, 3.63) is 70.3 Å². The number of amides is 1. The molecule has 0 saturated carbocycles. The number of hydrogen-bond donors (Lipinski definition) is 1. The Balaban J connectivity index is 2.21. The molecule has 0 fully saturated rings. The van der Waals surface area contributed by atoms with E-state index in [2.05, 4.69) is 17.4 Å². The van der Waals surface area contributed by atoms with Crippen molar-refractivity contribution in [3.63, 3.8) is 0 Å². The van der Waals surface area contributed by atoms with E-state index in [1.54, 1.807) is 0 Å². The standard InChI is InChI=1S/C18H21NO/c1-12-10-13(2)17(14(3)11-12)18(20)19-15(4)16-8-6-5-7-9-16/h5-11,15H,1-4H3,(H,19,20). The highest BCUT2D eigenvalue weighted by Crippen LogP contribution is 2.18. The maximum atomic E-state index is 12.5. The van der Waals surface area contributed by atoms with Crippen molar-refractivity contribution in [3.8, 4) is 0 Å². The molecule has 2 heteroatoms. The Hall–Kier alpha value is -2.09. The van der Waals surface area contributed by atoms with Crippen LogP contribution in [-0.2, 0) is 0 Å². The van der Waals surface area contributed by atoms with Gasteiger partial charge in [-0.2, -0.15) is 0 Å². The van der Waals surface area contributed by atoms with Gasteiger partial charge < -0.3 is 5.32 Å². The highest BCUT2D eigenvalue weighted by molar-refractivity contribution is 5.97. The number of nitrogens with one attached hydrogen (secondary N) is 1. The van der Waals surface area contributed by atoms with Gasteiger partial charge in [0.15, 0.2) is 0 Å². The van der Waals surface area contributed by atoms with E-state index >= 15 is 0 Å². The first-order valence-electron chi connectivity index (χ1n) is 6.92. The minimum Gasteiger partial charge on any atom is -0.346 e. The summed E-state index contributed by atoms with van der Waals surface area (Å²) in [7, 11) is 0. The maximum Gasteiger partial charge on any atom is 0.252 e. The molecule has 1 unspecified atom stereocenters. The fourth-order valence-electron chi connectivity index (χ4n) is 2.63. The highest BCUT2D eigenvalue weighted by atomic mass is 16.1. The minimum atomic E-state index is -0.00338. The summed E-state index contributed by atoms with van der Waals surface area (Å²) in [5.74, 6) is -0.00338. The van der Waals surface area contributed by atoms with Crippen LogP contribution in [0.25, 0.3) is 0 Å². The number of hydrogen-bond acceptors (Lipinski definition) is 1. The first-order chi connectivity index (χ1) is 9.49. The minimum absolute atomic E-state index is 0.00338. The summed E-state index contributed by atoms with van der Waals surface area (Å²) < 4.78 is 0. The molecule has 0 aliphatic heterocycles. The first kappa shape index (κ1) is 14.3. The number of rotatable bonds is 3. The molecular formula is C18H21NO. The van der Waals surface area contributed by atoms with Crippen molar-refractivity contribution >= 4 is 5.91 Å².